The first-order chi connectivity index (χ1) is 8.16. The van der Waals surface area contributed by atoms with Crippen molar-refractivity contribution in [3.8, 4) is 0 Å². The van der Waals surface area contributed by atoms with E-state index < -0.39 is 0 Å². The maximum absolute atomic E-state index is 11.6. The molecule has 0 aliphatic carbocycles. The van der Waals surface area contributed by atoms with Crippen molar-refractivity contribution in [1.29, 1.82) is 0 Å². The summed E-state index contributed by atoms with van der Waals surface area (Å²) in [5, 5.41) is 6.20. The van der Waals surface area contributed by atoms with E-state index in [1.54, 1.807) is 11.3 Å². The highest BCUT2D eigenvalue weighted by atomic mass is 32.1. The monoisotopic (exact) mass is 253 g/mol. The highest BCUT2D eigenvalue weighted by Crippen LogP contribution is 2.21. The molecule has 1 saturated heterocycles. The molecule has 1 aromatic heterocycles. The number of nitrogens with zero attached hydrogens (tertiary/aromatic N) is 2. The summed E-state index contributed by atoms with van der Waals surface area (Å²) in [5.74, 6) is 0.240. The van der Waals surface area contributed by atoms with Crippen LogP contribution < -0.4 is 10.2 Å². The van der Waals surface area contributed by atoms with E-state index in [9.17, 15) is 4.79 Å². The van der Waals surface area contributed by atoms with Crippen molar-refractivity contribution in [1.82, 2.24) is 10.3 Å². The minimum absolute atomic E-state index is 0.0759. The largest absolute Gasteiger partial charge is 0.353 e. The van der Waals surface area contributed by atoms with Gasteiger partial charge in [0.05, 0.1) is 0 Å². The Morgan fingerprint density at radius 2 is 2.24 bits per heavy atom. The van der Waals surface area contributed by atoms with E-state index in [0.717, 1.165) is 31.1 Å². The van der Waals surface area contributed by atoms with Crippen LogP contribution in [0.25, 0.3) is 0 Å². The van der Waals surface area contributed by atoms with E-state index in [-0.39, 0.29) is 11.8 Å². The van der Waals surface area contributed by atoms with Gasteiger partial charge in [0.2, 0.25) is 5.91 Å². The van der Waals surface area contributed by atoms with E-state index in [4.69, 9.17) is 0 Å². The van der Waals surface area contributed by atoms with Gasteiger partial charge in [0, 0.05) is 36.6 Å². The molecular formula is C12H19N3OS. The van der Waals surface area contributed by atoms with Gasteiger partial charge in [0.25, 0.3) is 0 Å². The minimum Gasteiger partial charge on any atom is -0.353 e. The van der Waals surface area contributed by atoms with Gasteiger partial charge >= 0.3 is 0 Å². The molecule has 94 valence electrons. The van der Waals surface area contributed by atoms with Crippen LogP contribution in [0.15, 0.2) is 11.6 Å². The Bertz CT molecular complexity index is 356. The first-order valence-corrected chi connectivity index (χ1v) is 6.99. The van der Waals surface area contributed by atoms with Crippen LogP contribution in [-0.4, -0.2) is 30.0 Å². The molecule has 1 fully saturated rings. The van der Waals surface area contributed by atoms with Crippen molar-refractivity contribution in [2.75, 3.05) is 18.0 Å². The van der Waals surface area contributed by atoms with Gasteiger partial charge < -0.3 is 10.2 Å². The Morgan fingerprint density at radius 1 is 1.53 bits per heavy atom. The van der Waals surface area contributed by atoms with Gasteiger partial charge in [0.15, 0.2) is 5.13 Å². The zero-order valence-electron chi connectivity index (χ0n) is 10.3. The van der Waals surface area contributed by atoms with Gasteiger partial charge in [-0.15, -0.1) is 11.3 Å². The molecule has 0 atom stereocenters. The molecule has 1 N–H and O–H groups in total. The highest BCUT2D eigenvalue weighted by molar-refractivity contribution is 7.13. The third-order valence-corrected chi connectivity index (χ3v) is 3.89. The Kier molecular flexibility index (Phi) is 3.99. The standard InChI is InChI=1S/C12H19N3OS/c1-9(2)11(16)14-10-3-6-15(7-4-10)12-13-5-8-17-12/h5,8-10H,3-4,6-7H2,1-2H3,(H,14,16). The average molecular weight is 253 g/mol. The summed E-state index contributed by atoms with van der Waals surface area (Å²) in [7, 11) is 0. The lowest BCUT2D eigenvalue weighted by Crippen LogP contribution is -2.45. The molecular weight excluding hydrogens is 234 g/mol. The van der Waals surface area contributed by atoms with Crippen LogP contribution in [0.5, 0.6) is 0 Å². The van der Waals surface area contributed by atoms with Crippen LogP contribution >= 0.6 is 11.3 Å². The first-order valence-electron chi connectivity index (χ1n) is 6.11. The van der Waals surface area contributed by atoms with Crippen LogP contribution in [0.4, 0.5) is 5.13 Å². The van der Waals surface area contributed by atoms with Gasteiger partial charge in [0.1, 0.15) is 0 Å². The number of rotatable bonds is 3. The molecule has 2 heterocycles. The Labute approximate surface area is 106 Å². The van der Waals surface area contributed by atoms with Crippen molar-refractivity contribution < 1.29 is 4.79 Å². The Hall–Kier alpha value is -1.10. The fraction of sp³-hybridized carbons (Fsp3) is 0.667. The van der Waals surface area contributed by atoms with Gasteiger partial charge in [-0.2, -0.15) is 0 Å². The van der Waals surface area contributed by atoms with Crippen molar-refractivity contribution in [2.24, 2.45) is 5.92 Å². The Balaban J connectivity index is 1.80. The number of amides is 1. The van der Waals surface area contributed by atoms with E-state index >= 15 is 0 Å². The van der Waals surface area contributed by atoms with Crippen molar-refractivity contribution in [3.05, 3.63) is 11.6 Å². The molecule has 1 aliphatic rings. The predicted molar refractivity (Wildman–Crippen MR) is 70.3 cm³/mol. The van der Waals surface area contributed by atoms with Gasteiger partial charge in [-0.05, 0) is 12.8 Å². The average Bonchev–Trinajstić information content (AvgIpc) is 2.83. The van der Waals surface area contributed by atoms with E-state index in [0.29, 0.717) is 6.04 Å². The second-order valence-electron chi connectivity index (χ2n) is 4.74. The number of nitrogens with one attached hydrogen (secondary N) is 1. The molecule has 1 aromatic rings. The van der Waals surface area contributed by atoms with Crippen LogP contribution in [0.1, 0.15) is 26.7 Å². The van der Waals surface area contributed by atoms with Crippen molar-refractivity contribution in [2.45, 2.75) is 32.7 Å². The molecule has 0 bridgehead atoms. The van der Waals surface area contributed by atoms with Crippen molar-refractivity contribution >= 4 is 22.4 Å². The van der Waals surface area contributed by atoms with E-state index in [1.165, 1.54) is 0 Å². The predicted octanol–water partition coefficient (Wildman–Crippen LogP) is 1.88. The Morgan fingerprint density at radius 3 is 2.76 bits per heavy atom. The molecule has 0 aromatic carbocycles. The molecule has 0 saturated carbocycles. The molecule has 5 heteroatoms. The number of carbonyl (C=O) groups is 1. The van der Waals surface area contributed by atoms with Crippen LogP contribution in [-0.2, 0) is 4.79 Å². The number of carbonyl (C=O) groups excluding carboxylic acids is 1. The molecule has 1 aliphatic heterocycles. The van der Waals surface area contributed by atoms with Crippen LogP contribution in [0, 0.1) is 5.92 Å². The fourth-order valence-electron chi connectivity index (χ4n) is 1.96. The van der Waals surface area contributed by atoms with Gasteiger partial charge in [-0.1, -0.05) is 13.8 Å². The SMILES string of the molecule is CC(C)C(=O)NC1CCN(c2nccs2)CC1. The number of anilines is 1. The van der Waals surface area contributed by atoms with Gasteiger partial charge in [-0.25, -0.2) is 4.98 Å². The molecule has 4 nitrogen and oxygen atoms in total. The number of hydrogen-bond donors (Lipinski definition) is 1. The summed E-state index contributed by atoms with van der Waals surface area (Å²) < 4.78 is 0. The summed E-state index contributed by atoms with van der Waals surface area (Å²) in [4.78, 5) is 18.2. The number of aromatic nitrogens is 1. The summed E-state index contributed by atoms with van der Waals surface area (Å²) in [6, 6.07) is 0.334. The smallest absolute Gasteiger partial charge is 0.222 e. The van der Waals surface area contributed by atoms with Crippen LogP contribution in [0.3, 0.4) is 0 Å². The summed E-state index contributed by atoms with van der Waals surface area (Å²) in [6.07, 6.45) is 3.86. The lowest BCUT2D eigenvalue weighted by molar-refractivity contribution is -0.124. The summed E-state index contributed by atoms with van der Waals surface area (Å²) >= 11 is 1.68. The molecule has 0 unspecified atom stereocenters. The zero-order valence-corrected chi connectivity index (χ0v) is 11.2. The lowest BCUT2D eigenvalue weighted by Gasteiger charge is -2.32. The fourth-order valence-corrected chi connectivity index (χ4v) is 2.65. The second-order valence-corrected chi connectivity index (χ2v) is 5.61. The van der Waals surface area contributed by atoms with Crippen LogP contribution in [0.2, 0.25) is 0 Å². The molecule has 0 radical (unpaired) electrons. The van der Waals surface area contributed by atoms with Gasteiger partial charge in [-0.3, -0.25) is 4.79 Å². The van der Waals surface area contributed by atoms with E-state index in [2.05, 4.69) is 15.2 Å². The quantitative estimate of drug-likeness (QED) is 0.894. The maximum atomic E-state index is 11.6. The third kappa shape index (κ3) is 3.19. The highest BCUT2D eigenvalue weighted by Gasteiger charge is 2.22. The normalized spacial score (nSPS) is 17.5. The van der Waals surface area contributed by atoms with Crippen molar-refractivity contribution in [3.63, 3.8) is 0 Å². The number of thiazole rings is 1. The lowest BCUT2D eigenvalue weighted by atomic mass is 10.0. The number of hydrogen-bond acceptors (Lipinski definition) is 4. The summed E-state index contributed by atoms with van der Waals surface area (Å²) in [6.45, 7) is 5.83. The zero-order chi connectivity index (χ0) is 12.3. The third-order valence-electron chi connectivity index (χ3n) is 3.06. The molecule has 0 spiro atoms. The second kappa shape index (κ2) is 5.49. The molecule has 1 amide bonds. The summed E-state index contributed by atoms with van der Waals surface area (Å²) in [5.41, 5.74) is 0. The minimum atomic E-state index is 0.0759. The number of piperidine rings is 1. The molecule has 17 heavy (non-hydrogen) atoms. The topological polar surface area (TPSA) is 45.2 Å². The van der Waals surface area contributed by atoms with E-state index in [1.807, 2.05) is 25.4 Å². The molecule has 2 rings (SSSR count). The maximum Gasteiger partial charge on any atom is 0.222 e. The first kappa shape index (κ1) is 12.4.